The van der Waals surface area contributed by atoms with Crippen molar-refractivity contribution in [1.29, 1.82) is 0 Å². The molecule has 0 atom stereocenters. The van der Waals surface area contributed by atoms with Crippen LogP contribution in [0.3, 0.4) is 0 Å². The molecule has 0 radical (unpaired) electrons. The zero-order valence-electron chi connectivity index (χ0n) is 21.2. The smallest absolute Gasteiger partial charge is 0.343 e. The molecule has 3 aromatic rings. The van der Waals surface area contributed by atoms with Crippen molar-refractivity contribution in [2.45, 2.75) is 13.5 Å². The predicted octanol–water partition coefficient (Wildman–Crippen LogP) is 6.54. The van der Waals surface area contributed by atoms with Gasteiger partial charge in [-0.05, 0) is 101 Å². The second kappa shape index (κ2) is 12.0. The number of thioether (sulfide) groups is 1. The van der Waals surface area contributed by atoms with E-state index in [0.717, 1.165) is 16.7 Å². The molecule has 0 aliphatic carbocycles. The molecule has 0 unspecified atom stereocenters. The Bertz CT molecular complexity index is 1540. The number of hydrogen-bond acceptors (Lipinski definition) is 9. The van der Waals surface area contributed by atoms with Crippen molar-refractivity contribution in [2.75, 3.05) is 20.5 Å². The number of carbonyl (C=O) groups is 3. The van der Waals surface area contributed by atoms with Crippen LogP contribution in [0, 0.1) is 3.57 Å². The molecule has 3 aromatic carbocycles. The molecule has 1 saturated heterocycles. The molecule has 12 heteroatoms. The summed E-state index contributed by atoms with van der Waals surface area (Å²) in [5.41, 5.74) is 1.51. The number of carbonyl (C=O) groups excluding carboxylic acids is 3. The molecule has 2 heterocycles. The average molecular weight is 694 g/mol. The summed E-state index contributed by atoms with van der Waals surface area (Å²) in [6, 6.07) is 13.2. The average Bonchev–Trinajstić information content (AvgIpc) is 3.49. The summed E-state index contributed by atoms with van der Waals surface area (Å²) in [6.45, 7) is 2.20. The number of benzene rings is 3. The molecule has 40 heavy (non-hydrogen) atoms. The predicted molar refractivity (Wildman–Crippen MR) is 157 cm³/mol. The second-order valence-corrected chi connectivity index (χ2v) is 11.0. The van der Waals surface area contributed by atoms with Crippen molar-refractivity contribution in [3.05, 3.63) is 78.7 Å². The van der Waals surface area contributed by atoms with E-state index >= 15 is 0 Å². The molecule has 2 aliphatic rings. The minimum atomic E-state index is -0.558. The first kappa shape index (κ1) is 28.1. The van der Waals surface area contributed by atoms with Crippen LogP contribution in [0.2, 0.25) is 5.02 Å². The lowest BCUT2D eigenvalue weighted by Crippen LogP contribution is -2.27. The number of halogens is 2. The first-order chi connectivity index (χ1) is 19.3. The van der Waals surface area contributed by atoms with E-state index < -0.39 is 17.1 Å². The third-order valence-corrected chi connectivity index (χ3v) is 7.95. The lowest BCUT2D eigenvalue weighted by atomic mass is 10.1. The molecule has 5 rings (SSSR count). The molecule has 0 spiro atoms. The molecule has 9 nitrogen and oxygen atoms in total. The Labute approximate surface area is 252 Å². The van der Waals surface area contributed by atoms with Crippen LogP contribution in [-0.2, 0) is 11.3 Å². The monoisotopic (exact) mass is 693 g/mol. The van der Waals surface area contributed by atoms with Gasteiger partial charge in [0.15, 0.2) is 23.0 Å². The van der Waals surface area contributed by atoms with Crippen molar-refractivity contribution >= 4 is 69.1 Å². The highest BCUT2D eigenvalue weighted by Crippen LogP contribution is 2.41. The van der Waals surface area contributed by atoms with Gasteiger partial charge in [-0.3, -0.25) is 14.5 Å². The highest BCUT2D eigenvalue weighted by Gasteiger charge is 2.36. The Morgan fingerprint density at radius 2 is 1.85 bits per heavy atom. The van der Waals surface area contributed by atoms with Gasteiger partial charge in [-0.15, -0.1) is 0 Å². The van der Waals surface area contributed by atoms with Gasteiger partial charge in [0.1, 0.15) is 5.75 Å². The molecule has 0 saturated carbocycles. The molecule has 1 fully saturated rings. The maximum Gasteiger partial charge on any atom is 0.343 e. The quantitative estimate of drug-likeness (QED) is 0.113. The number of esters is 1. The van der Waals surface area contributed by atoms with Gasteiger partial charge in [-0.2, -0.15) is 0 Å². The lowest BCUT2D eigenvalue weighted by Gasteiger charge is -2.14. The van der Waals surface area contributed by atoms with Gasteiger partial charge >= 0.3 is 5.97 Å². The first-order valence-corrected chi connectivity index (χ1v) is 14.2. The zero-order chi connectivity index (χ0) is 28.4. The summed E-state index contributed by atoms with van der Waals surface area (Å²) in [6.07, 6.45) is 1.60. The van der Waals surface area contributed by atoms with Crippen LogP contribution in [0.25, 0.3) is 6.08 Å². The normalized spacial score (nSPS) is 15.1. The lowest BCUT2D eigenvalue weighted by molar-refractivity contribution is -0.123. The number of ether oxygens (including phenoxy) is 5. The van der Waals surface area contributed by atoms with Crippen LogP contribution in [0.15, 0.2) is 53.4 Å². The van der Waals surface area contributed by atoms with Crippen LogP contribution in [0.4, 0.5) is 4.79 Å². The third-order valence-electron chi connectivity index (χ3n) is 5.89. The summed E-state index contributed by atoms with van der Waals surface area (Å²) >= 11 is 9.22. The van der Waals surface area contributed by atoms with Crippen molar-refractivity contribution in [3.8, 4) is 28.7 Å². The number of fused-ring (bicyclic) bond motifs is 1. The van der Waals surface area contributed by atoms with Crippen LogP contribution >= 0.6 is 46.0 Å². The van der Waals surface area contributed by atoms with Gasteiger partial charge in [-0.25, -0.2) is 4.79 Å². The highest BCUT2D eigenvalue weighted by molar-refractivity contribution is 14.1. The van der Waals surface area contributed by atoms with Gasteiger partial charge in [0.05, 0.1) is 34.3 Å². The number of hydrogen-bond donors (Lipinski definition) is 0. The molecule has 2 amide bonds. The van der Waals surface area contributed by atoms with Gasteiger partial charge < -0.3 is 23.7 Å². The molecule has 2 aliphatic heterocycles. The minimum absolute atomic E-state index is 0.0144. The summed E-state index contributed by atoms with van der Waals surface area (Å²) in [5.74, 6) is 1.21. The second-order valence-electron chi connectivity index (χ2n) is 8.45. The van der Waals surface area contributed by atoms with E-state index in [-0.39, 0.29) is 24.0 Å². The summed E-state index contributed by atoms with van der Waals surface area (Å²) in [5, 5.41) is -0.0577. The van der Waals surface area contributed by atoms with E-state index in [0.29, 0.717) is 54.9 Å². The Morgan fingerprint density at radius 3 is 2.55 bits per heavy atom. The largest absolute Gasteiger partial charge is 0.497 e. The summed E-state index contributed by atoms with van der Waals surface area (Å²) in [4.78, 5) is 40.1. The van der Waals surface area contributed by atoms with E-state index in [1.807, 2.05) is 22.6 Å². The molecule has 0 bridgehead atoms. The van der Waals surface area contributed by atoms with Crippen LogP contribution < -0.4 is 23.7 Å². The van der Waals surface area contributed by atoms with Crippen LogP contribution in [0.1, 0.15) is 28.4 Å². The fourth-order valence-corrected chi connectivity index (χ4v) is 5.74. The van der Waals surface area contributed by atoms with E-state index in [4.69, 9.17) is 35.3 Å². The van der Waals surface area contributed by atoms with Crippen molar-refractivity contribution in [3.63, 3.8) is 0 Å². The number of methoxy groups -OCH3 is 1. The molecular weight excluding hydrogens is 673 g/mol. The Morgan fingerprint density at radius 1 is 1.12 bits per heavy atom. The third kappa shape index (κ3) is 5.86. The zero-order valence-corrected chi connectivity index (χ0v) is 24.9. The fourth-order valence-electron chi connectivity index (χ4n) is 3.95. The van der Waals surface area contributed by atoms with Gasteiger partial charge in [-0.1, -0.05) is 11.6 Å². The van der Waals surface area contributed by atoms with E-state index in [1.165, 1.54) is 0 Å². The highest BCUT2D eigenvalue weighted by atomic mass is 127. The molecule has 0 aromatic heterocycles. The summed E-state index contributed by atoms with van der Waals surface area (Å²) < 4.78 is 27.9. The number of rotatable bonds is 8. The summed E-state index contributed by atoms with van der Waals surface area (Å²) in [7, 11) is 1.54. The van der Waals surface area contributed by atoms with Gasteiger partial charge in [0.2, 0.25) is 6.79 Å². The molecular formula is C28H21ClINO8S. The maximum atomic E-state index is 13.2. The Balaban J connectivity index is 1.37. The van der Waals surface area contributed by atoms with Crippen LogP contribution in [0.5, 0.6) is 28.7 Å². The van der Waals surface area contributed by atoms with Gasteiger partial charge in [0, 0.05) is 11.1 Å². The number of amides is 2. The van der Waals surface area contributed by atoms with Crippen LogP contribution in [-0.4, -0.2) is 42.5 Å². The minimum Gasteiger partial charge on any atom is -0.497 e. The van der Waals surface area contributed by atoms with E-state index in [1.54, 1.807) is 68.6 Å². The molecule has 0 N–H and O–H groups in total. The molecule has 206 valence electrons. The maximum absolute atomic E-state index is 13.2. The van der Waals surface area contributed by atoms with Crippen molar-refractivity contribution in [1.82, 2.24) is 4.90 Å². The van der Waals surface area contributed by atoms with Crippen molar-refractivity contribution in [2.24, 2.45) is 0 Å². The van der Waals surface area contributed by atoms with Gasteiger partial charge in [0.25, 0.3) is 11.1 Å². The topological polar surface area (TPSA) is 101 Å². The Kier molecular flexibility index (Phi) is 8.43. The fraction of sp³-hybridized carbons (Fsp3) is 0.179. The number of nitrogens with zero attached hydrogens (tertiary/aromatic N) is 1. The SMILES string of the molecule is CCOc1cc(/C=C2\SC(=O)N(Cc3cc4c(cc3Cl)OCO4)C2=O)cc(I)c1OC(=O)c1ccc(OC)cc1. The number of imide groups is 1. The Hall–Kier alpha value is -3.42. The van der Waals surface area contributed by atoms with E-state index in [9.17, 15) is 14.4 Å². The first-order valence-electron chi connectivity index (χ1n) is 11.9. The van der Waals surface area contributed by atoms with E-state index in [2.05, 4.69) is 0 Å². The standard InChI is InChI=1S/C28H21ClINO8S/c1-3-36-23-9-15(8-20(30)25(23)39-27(33)16-4-6-18(35-2)7-5-16)10-24-26(32)31(28(34)40-24)13-17-11-21-22(12-19(17)29)38-14-37-21/h4-12H,3,13-14H2,1-2H3/b24-10-. The van der Waals surface area contributed by atoms with Crippen molar-refractivity contribution < 1.29 is 38.1 Å².